The summed E-state index contributed by atoms with van der Waals surface area (Å²) in [5, 5.41) is 5.82. The van der Waals surface area contributed by atoms with Gasteiger partial charge in [0, 0.05) is 17.8 Å². The van der Waals surface area contributed by atoms with E-state index in [1.54, 1.807) is 36.4 Å². The van der Waals surface area contributed by atoms with Gasteiger partial charge >= 0.3 is 0 Å². The molecule has 7 nitrogen and oxygen atoms in total. The van der Waals surface area contributed by atoms with Crippen molar-refractivity contribution in [2.24, 2.45) is 0 Å². The maximum atomic E-state index is 12.7. The van der Waals surface area contributed by atoms with E-state index in [0.717, 1.165) is 19.3 Å². The zero-order chi connectivity index (χ0) is 27.6. The molecule has 3 N–H and O–H groups in total. The van der Waals surface area contributed by atoms with E-state index in [2.05, 4.69) is 22.3 Å². The van der Waals surface area contributed by atoms with E-state index < -0.39 is 10.0 Å². The predicted octanol–water partition coefficient (Wildman–Crippen LogP) is 7.40. The lowest BCUT2D eigenvalue weighted by Crippen LogP contribution is -2.33. The molecule has 0 saturated carbocycles. The monoisotopic (exact) mass is 561 g/mol. The molecule has 1 amide bonds. The van der Waals surface area contributed by atoms with Crippen LogP contribution in [0.4, 0.5) is 11.4 Å². The maximum absolute atomic E-state index is 12.7. The minimum atomic E-state index is -3.75. The number of anilines is 2. The number of thiocarbonyl (C=S) groups is 1. The molecule has 38 heavy (non-hydrogen) atoms. The Bertz CT molecular complexity index is 1070. The molecule has 0 aromatic heterocycles. The van der Waals surface area contributed by atoms with Gasteiger partial charge < -0.3 is 15.4 Å². The van der Waals surface area contributed by atoms with E-state index in [0.29, 0.717) is 30.2 Å². The van der Waals surface area contributed by atoms with Crippen LogP contribution in [0.15, 0.2) is 53.4 Å². The highest BCUT2D eigenvalue weighted by Crippen LogP contribution is 2.21. The molecule has 2 aromatic rings. The smallest absolute Gasteiger partial charge is 0.261 e. The van der Waals surface area contributed by atoms with Crippen molar-refractivity contribution in [2.45, 2.75) is 95.8 Å². The number of sulfonamides is 1. The van der Waals surface area contributed by atoms with Crippen LogP contribution in [0.1, 0.15) is 90.9 Å². The van der Waals surface area contributed by atoms with Crippen LogP contribution < -0.4 is 20.1 Å². The largest absolute Gasteiger partial charge is 0.494 e. The SMILES string of the molecule is CCCCCCCCCCCCCC(=O)NC(=S)Nc1ccc(S(=O)(=O)Nc2ccc(OCC)cc2)cc1. The third-order valence-corrected chi connectivity index (χ3v) is 7.70. The van der Waals surface area contributed by atoms with Crippen LogP contribution in [0.2, 0.25) is 0 Å². The third-order valence-electron chi connectivity index (χ3n) is 6.10. The highest BCUT2D eigenvalue weighted by atomic mass is 32.2. The lowest BCUT2D eigenvalue weighted by Gasteiger charge is -2.12. The van der Waals surface area contributed by atoms with Crippen molar-refractivity contribution < 1.29 is 17.9 Å². The summed E-state index contributed by atoms with van der Waals surface area (Å²) in [5.41, 5.74) is 1.03. The van der Waals surface area contributed by atoms with Gasteiger partial charge in [0.05, 0.1) is 11.5 Å². The molecular formula is C29H43N3O4S2. The van der Waals surface area contributed by atoms with Gasteiger partial charge in [-0.05, 0) is 74.1 Å². The minimum absolute atomic E-state index is 0.114. The van der Waals surface area contributed by atoms with E-state index >= 15 is 0 Å². The van der Waals surface area contributed by atoms with E-state index in [-0.39, 0.29) is 15.9 Å². The van der Waals surface area contributed by atoms with Gasteiger partial charge in [-0.15, -0.1) is 0 Å². The van der Waals surface area contributed by atoms with E-state index in [1.165, 1.54) is 63.5 Å². The number of unbranched alkanes of at least 4 members (excludes halogenated alkanes) is 10. The van der Waals surface area contributed by atoms with Crippen molar-refractivity contribution in [1.82, 2.24) is 5.32 Å². The Morgan fingerprint density at radius 2 is 1.29 bits per heavy atom. The Hall–Kier alpha value is -2.65. The molecule has 0 fully saturated rings. The zero-order valence-corrected chi connectivity index (χ0v) is 24.4. The van der Waals surface area contributed by atoms with Crippen LogP contribution >= 0.6 is 12.2 Å². The fourth-order valence-electron chi connectivity index (χ4n) is 4.02. The lowest BCUT2D eigenvalue weighted by molar-refractivity contribution is -0.119. The summed E-state index contributed by atoms with van der Waals surface area (Å²) in [6.07, 6.45) is 14.0. The molecule has 0 bridgehead atoms. The summed E-state index contributed by atoms with van der Waals surface area (Å²) < 4.78 is 33.3. The average molecular weight is 562 g/mol. The van der Waals surface area contributed by atoms with Gasteiger partial charge in [-0.3, -0.25) is 9.52 Å². The number of rotatable bonds is 18. The van der Waals surface area contributed by atoms with Crippen molar-refractivity contribution in [2.75, 3.05) is 16.6 Å². The van der Waals surface area contributed by atoms with Crippen LogP contribution in [0, 0.1) is 0 Å². The predicted molar refractivity (Wildman–Crippen MR) is 160 cm³/mol. The Morgan fingerprint density at radius 1 is 0.763 bits per heavy atom. The second-order valence-electron chi connectivity index (χ2n) is 9.38. The molecule has 0 saturated heterocycles. The first kappa shape index (κ1) is 31.6. The number of amides is 1. The normalized spacial score (nSPS) is 11.1. The highest BCUT2D eigenvalue weighted by molar-refractivity contribution is 7.92. The minimum Gasteiger partial charge on any atom is -0.494 e. The number of hydrogen-bond acceptors (Lipinski definition) is 5. The van der Waals surface area contributed by atoms with E-state index in [9.17, 15) is 13.2 Å². The quantitative estimate of drug-likeness (QED) is 0.130. The molecule has 0 radical (unpaired) electrons. The topological polar surface area (TPSA) is 96.5 Å². The number of carbonyl (C=O) groups excluding carboxylic acids is 1. The summed E-state index contributed by atoms with van der Waals surface area (Å²) in [6.45, 7) is 4.66. The molecule has 2 aromatic carbocycles. The van der Waals surface area contributed by atoms with Crippen LogP contribution in [0.3, 0.4) is 0 Å². The maximum Gasteiger partial charge on any atom is 0.261 e. The Labute approximate surface area is 234 Å². The number of hydrogen-bond donors (Lipinski definition) is 3. The van der Waals surface area contributed by atoms with Crippen LogP contribution in [0.5, 0.6) is 5.75 Å². The molecule has 0 unspecified atom stereocenters. The standard InChI is InChI=1S/C29H43N3O4S2/c1-3-5-6-7-8-9-10-11-12-13-14-15-28(33)31-29(37)30-24-18-22-27(23-19-24)38(34,35)32-25-16-20-26(21-17-25)36-4-2/h16-23,32H,3-15H2,1-2H3,(H2,30,31,33,37). The molecule has 0 atom stereocenters. The van der Waals surface area contributed by atoms with Gasteiger partial charge in [-0.25, -0.2) is 8.42 Å². The Balaban J connectivity index is 1.65. The number of benzene rings is 2. The van der Waals surface area contributed by atoms with Crippen molar-refractivity contribution in [1.29, 1.82) is 0 Å². The van der Waals surface area contributed by atoms with E-state index in [1.807, 2.05) is 6.92 Å². The van der Waals surface area contributed by atoms with Crippen molar-refractivity contribution >= 4 is 44.6 Å². The lowest BCUT2D eigenvalue weighted by atomic mass is 10.1. The fraction of sp³-hybridized carbons (Fsp3) is 0.517. The van der Waals surface area contributed by atoms with Crippen molar-refractivity contribution in [3.05, 3.63) is 48.5 Å². The Kier molecular flexibility index (Phi) is 14.8. The molecule has 210 valence electrons. The van der Waals surface area contributed by atoms with Crippen molar-refractivity contribution in [3.8, 4) is 5.75 Å². The van der Waals surface area contributed by atoms with Crippen molar-refractivity contribution in [3.63, 3.8) is 0 Å². The highest BCUT2D eigenvalue weighted by Gasteiger charge is 2.14. The summed E-state index contributed by atoms with van der Waals surface area (Å²) in [7, 11) is -3.75. The zero-order valence-electron chi connectivity index (χ0n) is 22.8. The first-order valence-electron chi connectivity index (χ1n) is 13.8. The first-order chi connectivity index (χ1) is 18.3. The molecule has 0 aliphatic rings. The third kappa shape index (κ3) is 12.7. The second-order valence-corrected chi connectivity index (χ2v) is 11.5. The molecule has 0 spiro atoms. The number of ether oxygens (including phenoxy) is 1. The van der Waals surface area contributed by atoms with E-state index in [4.69, 9.17) is 17.0 Å². The summed E-state index contributed by atoms with van der Waals surface area (Å²) in [5.74, 6) is 0.560. The Morgan fingerprint density at radius 3 is 1.84 bits per heavy atom. The molecule has 0 aliphatic carbocycles. The van der Waals surface area contributed by atoms with Crippen LogP contribution in [-0.2, 0) is 14.8 Å². The van der Waals surface area contributed by atoms with Gasteiger partial charge in [-0.2, -0.15) is 0 Å². The van der Waals surface area contributed by atoms with Crippen LogP contribution in [0.25, 0.3) is 0 Å². The molecule has 0 heterocycles. The molecule has 0 aliphatic heterocycles. The van der Waals surface area contributed by atoms with Gasteiger partial charge in [0.25, 0.3) is 10.0 Å². The fourth-order valence-corrected chi connectivity index (χ4v) is 5.31. The molecule has 2 rings (SSSR count). The van der Waals surface area contributed by atoms with Crippen LogP contribution in [-0.4, -0.2) is 26.0 Å². The van der Waals surface area contributed by atoms with Gasteiger partial charge in [0.15, 0.2) is 5.11 Å². The number of carbonyl (C=O) groups is 1. The summed E-state index contributed by atoms with van der Waals surface area (Å²) in [4.78, 5) is 12.3. The first-order valence-corrected chi connectivity index (χ1v) is 15.7. The summed E-state index contributed by atoms with van der Waals surface area (Å²) >= 11 is 5.24. The summed E-state index contributed by atoms with van der Waals surface area (Å²) in [6, 6.07) is 12.9. The van der Waals surface area contributed by atoms with Gasteiger partial charge in [-0.1, -0.05) is 71.1 Å². The second kappa shape index (κ2) is 17.8. The average Bonchev–Trinajstić information content (AvgIpc) is 2.88. The van der Waals surface area contributed by atoms with Gasteiger partial charge in [0.2, 0.25) is 5.91 Å². The molecule has 9 heteroatoms. The van der Waals surface area contributed by atoms with Gasteiger partial charge in [0.1, 0.15) is 5.75 Å². The number of nitrogens with one attached hydrogen (secondary N) is 3. The molecular weight excluding hydrogens is 518 g/mol.